The molecule has 7 atom stereocenters. The number of alkyl halides is 3. The van der Waals surface area contributed by atoms with Crippen LogP contribution >= 0.6 is 0 Å². The van der Waals surface area contributed by atoms with Crippen LogP contribution < -0.4 is 8.92 Å². The van der Waals surface area contributed by atoms with Crippen molar-refractivity contribution in [2.75, 3.05) is 13.7 Å². The maximum atomic E-state index is 14.2. The van der Waals surface area contributed by atoms with Crippen LogP contribution in [0.25, 0.3) is 11.0 Å². The third-order valence-electron chi connectivity index (χ3n) is 10.4. The summed E-state index contributed by atoms with van der Waals surface area (Å²) in [6, 6.07) is 2.39. The first-order chi connectivity index (χ1) is 23.4. The number of amides is 1. The first kappa shape index (κ1) is 36.1. The summed E-state index contributed by atoms with van der Waals surface area (Å²) in [7, 11) is -4.71. The third-order valence-corrected chi connectivity index (χ3v) is 11.4. The molecule has 1 saturated heterocycles. The molecular weight excluding hydrogens is 683 g/mol. The van der Waals surface area contributed by atoms with Gasteiger partial charge in [0.05, 0.1) is 37.0 Å². The van der Waals surface area contributed by atoms with Gasteiger partial charge in [-0.15, -0.1) is 0 Å². The summed E-state index contributed by atoms with van der Waals surface area (Å²) in [6.07, 6.45) is 4.69. The maximum absolute atomic E-state index is 14.2. The average molecular weight is 726 g/mol. The topological polar surface area (TPSA) is 151 Å². The van der Waals surface area contributed by atoms with Gasteiger partial charge in [-0.25, -0.2) is 14.8 Å². The number of aromatic nitrogens is 2. The molecule has 1 aromatic carbocycles. The largest absolute Gasteiger partial charge is 0.534 e. The van der Waals surface area contributed by atoms with Gasteiger partial charge in [-0.1, -0.05) is 33.6 Å². The standard InChI is InChI=1S/C34H42F3N3O9S/c1-33(2,3)23-16-29(41)48-28-13-18-12-22(18)21(28)8-6-5-7-9-25-30(47-20-15-27(32(43)46-4)40(17-20)31(23)42)39-26-14-19(10-11-24(26)38-25)49-50(44,45)34(35,36)37/h10-11,14,18,20-23,27-28H,5-9,12-13,15-17H2,1-4H3/t18-,20+,21+,22-,23+,27-,28+/m0/s1. The van der Waals surface area contributed by atoms with Crippen LogP contribution in [0.15, 0.2) is 18.2 Å². The Kier molecular flexibility index (Phi) is 9.72. The summed E-state index contributed by atoms with van der Waals surface area (Å²) in [4.78, 5) is 51.2. The van der Waals surface area contributed by atoms with Crippen molar-refractivity contribution < 1.29 is 54.4 Å². The fourth-order valence-corrected chi connectivity index (χ4v) is 8.18. The lowest BCUT2D eigenvalue weighted by molar-refractivity contribution is -0.160. The molecule has 4 aliphatic rings. The van der Waals surface area contributed by atoms with Gasteiger partial charge in [0.2, 0.25) is 11.8 Å². The Bertz CT molecular complexity index is 1760. The van der Waals surface area contributed by atoms with Crippen molar-refractivity contribution in [3.63, 3.8) is 0 Å². The Labute approximate surface area is 288 Å². The molecule has 12 nitrogen and oxygen atoms in total. The van der Waals surface area contributed by atoms with Crippen molar-refractivity contribution >= 4 is 39.0 Å². The second kappa shape index (κ2) is 13.5. The van der Waals surface area contributed by atoms with Crippen molar-refractivity contribution in [1.29, 1.82) is 0 Å². The molecule has 0 spiro atoms. The van der Waals surface area contributed by atoms with Crippen LogP contribution in [0, 0.1) is 29.1 Å². The van der Waals surface area contributed by atoms with Crippen molar-refractivity contribution in [1.82, 2.24) is 14.9 Å². The van der Waals surface area contributed by atoms with Gasteiger partial charge in [0.25, 0.3) is 0 Å². The van der Waals surface area contributed by atoms with Gasteiger partial charge in [-0.2, -0.15) is 21.6 Å². The van der Waals surface area contributed by atoms with E-state index in [9.17, 15) is 36.0 Å². The summed E-state index contributed by atoms with van der Waals surface area (Å²) in [6.45, 7) is 5.53. The minimum atomic E-state index is -5.92. The fourth-order valence-electron chi connectivity index (χ4n) is 7.73. The number of fused-ring (bicyclic) bond motifs is 7. The molecule has 2 aromatic rings. The highest BCUT2D eigenvalue weighted by Gasteiger charge is 2.55. The molecule has 2 bridgehead atoms. The van der Waals surface area contributed by atoms with Crippen LogP contribution in [0.2, 0.25) is 0 Å². The molecule has 1 amide bonds. The number of halogens is 3. The molecule has 3 fully saturated rings. The zero-order valence-electron chi connectivity index (χ0n) is 28.4. The summed E-state index contributed by atoms with van der Waals surface area (Å²) < 4.78 is 84.0. The quantitative estimate of drug-likeness (QED) is 0.236. The van der Waals surface area contributed by atoms with E-state index in [1.807, 2.05) is 20.8 Å². The van der Waals surface area contributed by atoms with Crippen LogP contribution in [0.5, 0.6) is 11.6 Å². The van der Waals surface area contributed by atoms with Crippen LogP contribution in [-0.2, 0) is 40.4 Å². The fraction of sp³-hybridized carbons (Fsp3) is 0.676. The molecule has 2 aliphatic heterocycles. The normalized spacial score (nSPS) is 29.5. The first-order valence-electron chi connectivity index (χ1n) is 17.0. The number of esters is 2. The lowest BCUT2D eigenvalue weighted by Gasteiger charge is -2.34. The van der Waals surface area contributed by atoms with Gasteiger partial charge in [-0.05, 0) is 67.4 Å². The molecular formula is C34H42F3N3O9S. The Hall–Kier alpha value is -3.69. The van der Waals surface area contributed by atoms with E-state index in [0.29, 0.717) is 30.4 Å². The van der Waals surface area contributed by atoms with Crippen molar-refractivity contribution in [2.24, 2.45) is 29.1 Å². The molecule has 2 saturated carbocycles. The summed E-state index contributed by atoms with van der Waals surface area (Å²) in [5.74, 6) is -1.53. The van der Waals surface area contributed by atoms with Crippen molar-refractivity contribution in [3.05, 3.63) is 23.9 Å². The van der Waals surface area contributed by atoms with E-state index in [1.165, 1.54) is 18.1 Å². The highest BCUT2D eigenvalue weighted by molar-refractivity contribution is 7.88. The van der Waals surface area contributed by atoms with E-state index in [4.69, 9.17) is 14.2 Å². The van der Waals surface area contributed by atoms with Crippen molar-refractivity contribution in [3.8, 4) is 11.6 Å². The second-order valence-electron chi connectivity index (χ2n) is 14.9. The Morgan fingerprint density at radius 2 is 1.74 bits per heavy atom. The van der Waals surface area contributed by atoms with Gasteiger partial charge in [0.1, 0.15) is 29.7 Å². The number of carbonyl (C=O) groups is 3. The molecule has 274 valence electrons. The minimum absolute atomic E-state index is 0.0220. The van der Waals surface area contributed by atoms with Crippen LogP contribution in [0.1, 0.15) is 77.8 Å². The van der Waals surface area contributed by atoms with Crippen LogP contribution in [-0.4, -0.2) is 78.5 Å². The Morgan fingerprint density at radius 3 is 2.44 bits per heavy atom. The highest BCUT2D eigenvalue weighted by atomic mass is 32.2. The molecule has 0 N–H and O–H groups in total. The average Bonchev–Trinajstić information content (AvgIpc) is 3.52. The summed E-state index contributed by atoms with van der Waals surface area (Å²) in [5.41, 5.74) is -5.52. The summed E-state index contributed by atoms with van der Waals surface area (Å²) >= 11 is 0. The molecule has 3 heterocycles. The smallest absolute Gasteiger partial charge is 0.471 e. The van der Waals surface area contributed by atoms with Crippen LogP contribution in [0.4, 0.5) is 13.2 Å². The molecule has 16 heteroatoms. The van der Waals surface area contributed by atoms with E-state index >= 15 is 0 Å². The van der Waals surface area contributed by atoms with Gasteiger partial charge >= 0.3 is 27.6 Å². The number of hydrogen-bond acceptors (Lipinski definition) is 11. The zero-order chi connectivity index (χ0) is 36.2. The number of methoxy groups -OCH3 is 1. The third kappa shape index (κ3) is 7.49. The molecule has 6 rings (SSSR count). The number of carbonyl (C=O) groups excluding carboxylic acids is 3. The lowest BCUT2D eigenvalue weighted by atomic mass is 9.77. The number of aryl methyl sites for hydroxylation is 1. The van der Waals surface area contributed by atoms with E-state index in [-0.39, 0.29) is 48.3 Å². The van der Waals surface area contributed by atoms with E-state index in [0.717, 1.165) is 44.2 Å². The molecule has 0 unspecified atom stereocenters. The minimum Gasteiger partial charge on any atom is -0.471 e. The van der Waals surface area contributed by atoms with Crippen LogP contribution in [0.3, 0.4) is 0 Å². The molecule has 1 aromatic heterocycles. The van der Waals surface area contributed by atoms with Gasteiger partial charge in [0, 0.05) is 12.5 Å². The molecule has 0 radical (unpaired) electrons. The number of hydrogen-bond donors (Lipinski definition) is 0. The second-order valence-corrected chi connectivity index (χ2v) is 16.5. The van der Waals surface area contributed by atoms with E-state index in [2.05, 4.69) is 14.2 Å². The SMILES string of the molecule is COC(=O)[C@@H]1C[C@@H]2CN1C(=O)[C@H](C(C)(C)C)CC(=O)O[C@@H]1C[C@@H]3C[C@@H]3[C@H]1CCCCCc1nc3ccc(OS(=O)(=O)C(F)(F)F)cc3nc1O2. The first-order valence-corrected chi connectivity index (χ1v) is 18.4. The highest BCUT2D eigenvalue weighted by Crippen LogP contribution is 2.58. The zero-order valence-corrected chi connectivity index (χ0v) is 29.2. The Balaban J connectivity index is 1.34. The number of ether oxygens (including phenoxy) is 3. The predicted octanol–water partition coefficient (Wildman–Crippen LogP) is 5.12. The number of rotatable bonds is 3. The van der Waals surface area contributed by atoms with Gasteiger partial charge in [0.15, 0.2) is 0 Å². The van der Waals surface area contributed by atoms with E-state index < -0.39 is 62.7 Å². The molecule has 50 heavy (non-hydrogen) atoms. The maximum Gasteiger partial charge on any atom is 0.534 e. The Morgan fingerprint density at radius 1 is 0.980 bits per heavy atom. The van der Waals surface area contributed by atoms with Gasteiger partial charge in [-0.3, -0.25) is 9.59 Å². The van der Waals surface area contributed by atoms with Gasteiger partial charge < -0.3 is 23.3 Å². The molecule has 2 aliphatic carbocycles. The van der Waals surface area contributed by atoms with E-state index in [1.54, 1.807) is 0 Å². The number of benzene rings is 1. The van der Waals surface area contributed by atoms with Crippen molar-refractivity contribution in [2.45, 2.75) is 102 Å². The lowest BCUT2D eigenvalue weighted by Crippen LogP contribution is -2.48. The number of nitrogens with zero attached hydrogens (tertiary/aromatic N) is 3. The summed E-state index contributed by atoms with van der Waals surface area (Å²) in [5, 5.41) is 0. The predicted molar refractivity (Wildman–Crippen MR) is 171 cm³/mol. The monoisotopic (exact) mass is 725 g/mol.